The first-order valence-corrected chi connectivity index (χ1v) is 8.30. The van der Waals surface area contributed by atoms with E-state index in [4.69, 9.17) is 0 Å². The van der Waals surface area contributed by atoms with Crippen molar-refractivity contribution in [2.24, 2.45) is 5.92 Å². The monoisotopic (exact) mass is 279 g/mol. The van der Waals surface area contributed by atoms with E-state index < -0.39 is 0 Å². The second kappa shape index (κ2) is 6.15. The average molecular weight is 279 g/mol. The van der Waals surface area contributed by atoms with Gasteiger partial charge in [-0.15, -0.1) is 0 Å². The van der Waals surface area contributed by atoms with E-state index in [0.29, 0.717) is 5.92 Å². The molecule has 1 aliphatic carbocycles. The quantitative estimate of drug-likeness (QED) is 0.677. The van der Waals surface area contributed by atoms with Crippen molar-refractivity contribution in [3.8, 4) is 0 Å². The lowest BCUT2D eigenvalue weighted by atomic mass is 10.0. The standard InChI is InChI=1S/C19H19S/c1-16-9-8-14-19(15-16)20(17-10-4-2-5-11-17)18-12-6-3-7-13-18/h2-8,10-16H,9H2,1H3/q+1. The zero-order chi connectivity index (χ0) is 13.8. The summed E-state index contributed by atoms with van der Waals surface area (Å²) in [6.45, 7) is 2.29. The van der Waals surface area contributed by atoms with Crippen LogP contribution in [0.1, 0.15) is 13.3 Å². The van der Waals surface area contributed by atoms with E-state index in [-0.39, 0.29) is 10.9 Å². The summed E-state index contributed by atoms with van der Waals surface area (Å²) in [6, 6.07) is 21.7. The van der Waals surface area contributed by atoms with Crippen molar-refractivity contribution in [1.29, 1.82) is 0 Å². The second-order valence-corrected chi connectivity index (χ2v) is 7.14. The Kier molecular flexibility index (Phi) is 4.08. The van der Waals surface area contributed by atoms with Gasteiger partial charge in [-0.2, -0.15) is 0 Å². The number of hydrogen-bond donors (Lipinski definition) is 0. The van der Waals surface area contributed by atoms with Gasteiger partial charge in [0.25, 0.3) is 0 Å². The molecule has 3 rings (SSSR count). The van der Waals surface area contributed by atoms with Gasteiger partial charge < -0.3 is 0 Å². The third-order valence-electron chi connectivity index (χ3n) is 3.43. The average Bonchev–Trinajstić information content (AvgIpc) is 2.50. The lowest BCUT2D eigenvalue weighted by molar-refractivity contribution is 0.734. The first-order chi connectivity index (χ1) is 9.84. The zero-order valence-corrected chi connectivity index (χ0v) is 12.5. The lowest BCUT2D eigenvalue weighted by Crippen LogP contribution is -2.09. The summed E-state index contributed by atoms with van der Waals surface area (Å²) in [6.07, 6.45) is 8.21. The van der Waals surface area contributed by atoms with Gasteiger partial charge in [0.15, 0.2) is 14.7 Å². The number of allylic oxidation sites excluding steroid dienone is 3. The second-order valence-electron chi connectivity index (χ2n) is 5.12. The van der Waals surface area contributed by atoms with E-state index in [0.717, 1.165) is 6.42 Å². The highest BCUT2D eigenvalue weighted by Gasteiger charge is 2.30. The molecule has 0 N–H and O–H groups in total. The van der Waals surface area contributed by atoms with Gasteiger partial charge >= 0.3 is 0 Å². The van der Waals surface area contributed by atoms with Gasteiger partial charge in [-0.3, -0.25) is 0 Å². The minimum absolute atomic E-state index is 0.0159. The topological polar surface area (TPSA) is 0 Å². The van der Waals surface area contributed by atoms with Crippen LogP contribution in [0.3, 0.4) is 0 Å². The fourth-order valence-electron chi connectivity index (χ4n) is 2.46. The minimum atomic E-state index is 0.0159. The molecule has 0 fully saturated rings. The number of rotatable bonds is 3. The molecule has 1 atom stereocenters. The Hall–Kier alpha value is -1.73. The third-order valence-corrected chi connectivity index (χ3v) is 5.66. The summed E-state index contributed by atoms with van der Waals surface area (Å²) in [5, 5.41) is 0. The molecule has 100 valence electrons. The van der Waals surface area contributed by atoms with Gasteiger partial charge in [0.1, 0.15) is 0 Å². The van der Waals surface area contributed by atoms with E-state index in [9.17, 15) is 0 Å². The van der Waals surface area contributed by atoms with Gasteiger partial charge in [0.05, 0.1) is 10.9 Å². The third kappa shape index (κ3) is 2.88. The highest BCUT2D eigenvalue weighted by molar-refractivity contribution is 8.00. The Bertz CT molecular complexity index is 571. The van der Waals surface area contributed by atoms with Gasteiger partial charge in [-0.1, -0.05) is 49.4 Å². The predicted octanol–water partition coefficient (Wildman–Crippen LogP) is 5.20. The van der Waals surface area contributed by atoms with Crippen LogP contribution in [0, 0.1) is 5.92 Å². The number of hydrogen-bond acceptors (Lipinski definition) is 0. The van der Waals surface area contributed by atoms with E-state index in [1.807, 2.05) is 0 Å². The molecule has 20 heavy (non-hydrogen) atoms. The van der Waals surface area contributed by atoms with Gasteiger partial charge in [-0.25, -0.2) is 0 Å². The Morgan fingerprint density at radius 3 is 1.90 bits per heavy atom. The molecule has 0 bridgehead atoms. The molecule has 0 heterocycles. The van der Waals surface area contributed by atoms with Crippen molar-refractivity contribution >= 4 is 10.9 Å². The fourth-order valence-corrected chi connectivity index (χ4v) is 4.74. The first kappa shape index (κ1) is 13.3. The normalized spacial score (nSPS) is 18.1. The van der Waals surface area contributed by atoms with E-state index in [1.165, 1.54) is 14.7 Å². The van der Waals surface area contributed by atoms with E-state index in [2.05, 4.69) is 85.8 Å². The minimum Gasteiger partial charge on any atom is -0.0790 e. The molecule has 0 aromatic heterocycles. The van der Waals surface area contributed by atoms with Crippen molar-refractivity contribution in [1.82, 2.24) is 0 Å². The number of benzene rings is 2. The van der Waals surface area contributed by atoms with Crippen molar-refractivity contribution in [2.75, 3.05) is 0 Å². The molecule has 0 radical (unpaired) electrons. The smallest absolute Gasteiger partial charge is 0.0790 e. The van der Waals surface area contributed by atoms with Crippen LogP contribution in [0.25, 0.3) is 0 Å². The van der Waals surface area contributed by atoms with Gasteiger partial charge in [0.2, 0.25) is 0 Å². The van der Waals surface area contributed by atoms with Crippen molar-refractivity contribution in [3.63, 3.8) is 0 Å². The van der Waals surface area contributed by atoms with Crippen LogP contribution in [0.15, 0.2) is 93.6 Å². The zero-order valence-electron chi connectivity index (χ0n) is 11.7. The van der Waals surface area contributed by atoms with Crippen LogP contribution < -0.4 is 0 Å². The van der Waals surface area contributed by atoms with E-state index in [1.54, 1.807) is 0 Å². The Balaban J connectivity index is 2.07. The summed E-state index contributed by atoms with van der Waals surface area (Å²) in [5.41, 5.74) is 0. The molecule has 0 saturated carbocycles. The lowest BCUT2D eigenvalue weighted by Gasteiger charge is -2.13. The van der Waals surface area contributed by atoms with Crippen LogP contribution in [0.5, 0.6) is 0 Å². The molecule has 0 spiro atoms. The summed E-state index contributed by atoms with van der Waals surface area (Å²) >= 11 is 0. The SMILES string of the molecule is CC1C=C([S+](c2ccccc2)c2ccccc2)C=CC1. The largest absolute Gasteiger partial charge is 0.166 e. The summed E-state index contributed by atoms with van der Waals surface area (Å²) in [4.78, 5) is 4.23. The van der Waals surface area contributed by atoms with Gasteiger partial charge in [-0.05, 0) is 48.8 Å². The molecule has 1 aliphatic rings. The summed E-state index contributed by atoms with van der Waals surface area (Å²) < 4.78 is 0. The Morgan fingerprint density at radius 1 is 0.850 bits per heavy atom. The maximum absolute atomic E-state index is 2.43. The maximum atomic E-state index is 2.43. The fraction of sp³-hybridized carbons (Fsp3) is 0.158. The molecule has 0 nitrogen and oxygen atoms in total. The molecule has 0 amide bonds. The summed E-state index contributed by atoms with van der Waals surface area (Å²) in [5.74, 6) is 0.637. The molecular weight excluding hydrogens is 260 g/mol. The van der Waals surface area contributed by atoms with Crippen molar-refractivity contribution in [2.45, 2.75) is 23.1 Å². The molecule has 2 aromatic carbocycles. The van der Waals surface area contributed by atoms with Crippen LogP contribution in [-0.2, 0) is 10.9 Å². The van der Waals surface area contributed by atoms with E-state index >= 15 is 0 Å². The molecule has 1 heteroatoms. The van der Waals surface area contributed by atoms with Crippen LogP contribution in [0.2, 0.25) is 0 Å². The molecule has 2 aromatic rings. The summed E-state index contributed by atoms with van der Waals surface area (Å²) in [7, 11) is 0.0159. The highest BCUT2D eigenvalue weighted by atomic mass is 32.2. The van der Waals surface area contributed by atoms with Crippen molar-refractivity contribution in [3.05, 3.63) is 83.8 Å². The molecule has 1 unspecified atom stereocenters. The molecule has 0 aliphatic heterocycles. The predicted molar refractivity (Wildman–Crippen MR) is 87.8 cm³/mol. The van der Waals surface area contributed by atoms with Crippen LogP contribution in [0.4, 0.5) is 0 Å². The Morgan fingerprint density at radius 2 is 1.40 bits per heavy atom. The van der Waals surface area contributed by atoms with Crippen LogP contribution in [-0.4, -0.2) is 0 Å². The molecule has 0 saturated heterocycles. The highest BCUT2D eigenvalue weighted by Crippen LogP contribution is 2.33. The van der Waals surface area contributed by atoms with Crippen molar-refractivity contribution < 1.29 is 0 Å². The first-order valence-electron chi connectivity index (χ1n) is 7.07. The molecular formula is C19H19S+. The maximum Gasteiger partial charge on any atom is 0.166 e. The van der Waals surface area contributed by atoms with Gasteiger partial charge in [0, 0.05) is 0 Å². The van der Waals surface area contributed by atoms with Crippen LogP contribution >= 0.6 is 0 Å². The Labute approximate surface area is 124 Å².